The molecule has 0 unspecified atom stereocenters. The molecule has 1 aromatic carbocycles. The molecule has 82 valence electrons. The van der Waals surface area contributed by atoms with Crippen molar-refractivity contribution in [1.82, 2.24) is 9.97 Å². The van der Waals surface area contributed by atoms with E-state index in [0.717, 1.165) is 24.1 Å². The summed E-state index contributed by atoms with van der Waals surface area (Å²) < 4.78 is 0.665. The zero-order chi connectivity index (χ0) is 11.4. The van der Waals surface area contributed by atoms with Crippen LogP contribution in [-0.4, -0.2) is 9.97 Å². The highest BCUT2D eigenvalue weighted by Crippen LogP contribution is 2.17. The fourth-order valence-electron chi connectivity index (χ4n) is 1.71. The van der Waals surface area contributed by atoms with Crippen molar-refractivity contribution in [3.05, 3.63) is 46.9 Å². The Balaban J connectivity index is 2.40. The Morgan fingerprint density at radius 3 is 2.94 bits per heavy atom. The van der Waals surface area contributed by atoms with E-state index in [1.54, 1.807) is 12.4 Å². The van der Waals surface area contributed by atoms with Crippen molar-refractivity contribution < 1.29 is 0 Å². The van der Waals surface area contributed by atoms with Crippen LogP contribution >= 0.6 is 12.2 Å². The molecule has 0 spiro atoms. The smallest absolute Gasteiger partial charge is 0.122 e. The maximum atomic E-state index is 5.07. The van der Waals surface area contributed by atoms with Crippen LogP contribution in [-0.2, 0) is 6.42 Å². The van der Waals surface area contributed by atoms with E-state index in [1.165, 1.54) is 5.56 Å². The van der Waals surface area contributed by atoms with Gasteiger partial charge in [0.25, 0.3) is 0 Å². The number of hydrogen-bond acceptors (Lipinski definition) is 2. The molecule has 0 fully saturated rings. The van der Waals surface area contributed by atoms with Crippen LogP contribution in [0.4, 0.5) is 0 Å². The number of nitrogens with one attached hydrogen (secondary N) is 1. The van der Waals surface area contributed by atoms with E-state index < -0.39 is 0 Å². The number of hydrogen-bond donors (Lipinski definition) is 1. The average Bonchev–Trinajstić information content (AvgIpc) is 2.30. The second-order valence-corrected chi connectivity index (χ2v) is 4.20. The van der Waals surface area contributed by atoms with Gasteiger partial charge in [-0.15, -0.1) is 0 Å². The molecule has 0 saturated heterocycles. The largest absolute Gasteiger partial charge is 0.344 e. The lowest BCUT2D eigenvalue weighted by Gasteiger charge is -2.04. The molecule has 2 rings (SSSR count). The average molecular weight is 230 g/mol. The van der Waals surface area contributed by atoms with E-state index >= 15 is 0 Å². The lowest BCUT2D eigenvalue weighted by molar-refractivity contribution is 0.922. The molecule has 0 aliphatic carbocycles. The molecule has 1 heterocycles. The van der Waals surface area contributed by atoms with E-state index in [-0.39, 0.29) is 0 Å². The van der Waals surface area contributed by atoms with Crippen LogP contribution in [0.2, 0.25) is 0 Å². The summed E-state index contributed by atoms with van der Waals surface area (Å²) >= 11 is 5.07. The Kier molecular flexibility index (Phi) is 3.47. The normalized spacial score (nSPS) is 10.3. The van der Waals surface area contributed by atoms with E-state index in [0.29, 0.717) is 4.64 Å². The topological polar surface area (TPSA) is 28.7 Å². The van der Waals surface area contributed by atoms with Gasteiger partial charge in [-0.2, -0.15) is 0 Å². The van der Waals surface area contributed by atoms with Gasteiger partial charge in [-0.1, -0.05) is 43.8 Å². The number of aromatic nitrogens is 2. The van der Waals surface area contributed by atoms with Crippen molar-refractivity contribution in [3.63, 3.8) is 0 Å². The van der Waals surface area contributed by atoms with Gasteiger partial charge in [0.05, 0.1) is 18.1 Å². The summed E-state index contributed by atoms with van der Waals surface area (Å²) in [5, 5.41) is 0. The lowest BCUT2D eigenvalue weighted by atomic mass is 10.1. The second kappa shape index (κ2) is 5.03. The van der Waals surface area contributed by atoms with Gasteiger partial charge in [-0.3, -0.25) is 4.98 Å². The SMILES string of the molecule is CCCc1cccc(-c2cncc(=S)[nH]2)c1. The van der Waals surface area contributed by atoms with Crippen LogP contribution in [0.15, 0.2) is 36.7 Å². The summed E-state index contributed by atoms with van der Waals surface area (Å²) in [6, 6.07) is 8.48. The molecule has 0 aliphatic rings. The minimum absolute atomic E-state index is 0.665. The molecule has 0 amide bonds. The summed E-state index contributed by atoms with van der Waals surface area (Å²) in [6.45, 7) is 2.18. The second-order valence-electron chi connectivity index (χ2n) is 3.76. The Bertz CT molecular complexity index is 531. The molecule has 0 aliphatic heterocycles. The summed E-state index contributed by atoms with van der Waals surface area (Å²) in [6.07, 6.45) is 5.72. The molecule has 0 bridgehead atoms. The number of H-pyrrole nitrogens is 1. The van der Waals surface area contributed by atoms with E-state index in [4.69, 9.17) is 12.2 Å². The first-order chi connectivity index (χ1) is 7.79. The van der Waals surface area contributed by atoms with Crippen LogP contribution in [0, 0.1) is 4.64 Å². The van der Waals surface area contributed by atoms with Gasteiger partial charge in [0.15, 0.2) is 0 Å². The maximum Gasteiger partial charge on any atom is 0.122 e. The molecule has 0 atom stereocenters. The van der Waals surface area contributed by atoms with Crippen molar-refractivity contribution in [2.45, 2.75) is 19.8 Å². The zero-order valence-electron chi connectivity index (χ0n) is 9.23. The van der Waals surface area contributed by atoms with Crippen LogP contribution in [0.1, 0.15) is 18.9 Å². The summed E-state index contributed by atoms with van der Waals surface area (Å²) in [5.41, 5.74) is 3.47. The summed E-state index contributed by atoms with van der Waals surface area (Å²) in [4.78, 5) is 7.25. The van der Waals surface area contributed by atoms with Gasteiger partial charge >= 0.3 is 0 Å². The first-order valence-corrected chi connectivity index (χ1v) is 5.84. The van der Waals surface area contributed by atoms with Crippen molar-refractivity contribution >= 4 is 12.2 Å². The van der Waals surface area contributed by atoms with Gasteiger partial charge < -0.3 is 4.98 Å². The van der Waals surface area contributed by atoms with Gasteiger partial charge in [0.1, 0.15) is 4.64 Å². The highest BCUT2D eigenvalue weighted by atomic mass is 32.1. The monoisotopic (exact) mass is 230 g/mol. The van der Waals surface area contributed by atoms with Crippen molar-refractivity contribution in [2.75, 3.05) is 0 Å². The number of benzene rings is 1. The van der Waals surface area contributed by atoms with Crippen LogP contribution in [0.5, 0.6) is 0 Å². The number of aromatic amines is 1. The first-order valence-electron chi connectivity index (χ1n) is 5.43. The standard InChI is InChI=1S/C13H14N2S/c1-2-4-10-5-3-6-11(7-10)12-8-14-9-13(16)15-12/h3,5-9H,2,4H2,1H3,(H,15,16). The van der Waals surface area contributed by atoms with Gasteiger partial charge in [0.2, 0.25) is 0 Å². The van der Waals surface area contributed by atoms with Crippen molar-refractivity contribution in [3.8, 4) is 11.3 Å². The summed E-state index contributed by atoms with van der Waals surface area (Å²) in [5.74, 6) is 0. The van der Waals surface area contributed by atoms with Crippen LogP contribution in [0.3, 0.4) is 0 Å². The fraction of sp³-hybridized carbons (Fsp3) is 0.231. The molecule has 0 saturated carbocycles. The molecule has 2 aromatic rings. The fourth-order valence-corrected chi connectivity index (χ4v) is 1.88. The van der Waals surface area contributed by atoms with Crippen LogP contribution < -0.4 is 0 Å². The molecule has 16 heavy (non-hydrogen) atoms. The number of rotatable bonds is 3. The third-order valence-electron chi connectivity index (χ3n) is 2.43. The Morgan fingerprint density at radius 2 is 2.19 bits per heavy atom. The molecule has 2 nitrogen and oxygen atoms in total. The molecular weight excluding hydrogens is 216 g/mol. The molecule has 1 N–H and O–H groups in total. The first kappa shape index (κ1) is 11.0. The minimum Gasteiger partial charge on any atom is -0.344 e. The van der Waals surface area contributed by atoms with Gasteiger partial charge in [0, 0.05) is 0 Å². The van der Waals surface area contributed by atoms with Crippen LogP contribution in [0.25, 0.3) is 11.3 Å². The third-order valence-corrected chi connectivity index (χ3v) is 2.64. The maximum absolute atomic E-state index is 5.07. The molecular formula is C13H14N2S. The Hall–Kier alpha value is -1.48. The quantitative estimate of drug-likeness (QED) is 0.813. The van der Waals surface area contributed by atoms with Crippen molar-refractivity contribution in [1.29, 1.82) is 0 Å². The number of aryl methyl sites for hydroxylation is 1. The predicted molar refractivity (Wildman–Crippen MR) is 68.9 cm³/mol. The lowest BCUT2D eigenvalue weighted by Crippen LogP contribution is -1.88. The van der Waals surface area contributed by atoms with Gasteiger partial charge in [-0.25, -0.2) is 0 Å². The van der Waals surface area contributed by atoms with E-state index in [1.807, 2.05) is 0 Å². The predicted octanol–water partition coefficient (Wildman–Crippen LogP) is 3.76. The summed E-state index contributed by atoms with van der Waals surface area (Å²) in [7, 11) is 0. The molecule has 3 heteroatoms. The van der Waals surface area contributed by atoms with Gasteiger partial charge in [-0.05, 0) is 23.6 Å². The Labute approximate surface area is 100 Å². The Morgan fingerprint density at radius 1 is 1.31 bits per heavy atom. The zero-order valence-corrected chi connectivity index (χ0v) is 10.1. The molecule has 1 aromatic heterocycles. The minimum atomic E-state index is 0.665. The highest BCUT2D eigenvalue weighted by molar-refractivity contribution is 7.71. The molecule has 0 radical (unpaired) electrons. The third kappa shape index (κ3) is 2.55. The van der Waals surface area contributed by atoms with Crippen molar-refractivity contribution in [2.24, 2.45) is 0 Å². The van der Waals surface area contributed by atoms with E-state index in [9.17, 15) is 0 Å². The number of nitrogens with zero attached hydrogens (tertiary/aromatic N) is 1. The highest BCUT2D eigenvalue weighted by Gasteiger charge is 1.99. The van der Waals surface area contributed by atoms with E-state index in [2.05, 4.69) is 41.2 Å².